The molecule has 0 spiro atoms. The monoisotopic (exact) mass is 143 g/mol. The minimum Gasteiger partial charge on any atom is -0.374 e. The number of carbonyl (C=O) groups is 1. The Morgan fingerprint density at radius 2 is 2.40 bits per heavy atom. The predicted molar refractivity (Wildman–Crippen MR) is 39.3 cm³/mol. The summed E-state index contributed by atoms with van der Waals surface area (Å²) in [6.07, 6.45) is 1.03. The van der Waals surface area contributed by atoms with Gasteiger partial charge in [-0.05, 0) is 12.5 Å². The molecule has 1 amide bonds. The molecule has 0 aliphatic rings. The number of hydrogen-bond acceptors (Lipinski definition) is 2. The maximum Gasteiger partial charge on any atom is 0.247 e. The van der Waals surface area contributed by atoms with Crippen molar-refractivity contribution in [3.63, 3.8) is 0 Å². The van der Waals surface area contributed by atoms with Crippen LogP contribution in [0.4, 0.5) is 0 Å². The van der Waals surface area contributed by atoms with Gasteiger partial charge < -0.3 is 10.0 Å². The molecule has 0 aromatic rings. The van der Waals surface area contributed by atoms with E-state index in [1.54, 1.807) is 6.92 Å². The lowest BCUT2D eigenvalue weighted by Gasteiger charge is -2.20. The second-order valence-electron chi connectivity index (χ2n) is 2.04. The molecule has 1 N–H and O–H groups in total. The Morgan fingerprint density at radius 3 is 2.70 bits per heavy atom. The van der Waals surface area contributed by atoms with E-state index in [0.717, 1.165) is 0 Å². The first-order valence-electron chi connectivity index (χ1n) is 3.20. The molecule has 0 aromatic heterocycles. The van der Waals surface area contributed by atoms with Gasteiger partial charge in [0.15, 0.2) is 0 Å². The van der Waals surface area contributed by atoms with Crippen molar-refractivity contribution in [2.45, 2.75) is 19.6 Å². The molecular formula is C7H13NO2. The Labute approximate surface area is 61.0 Å². The highest BCUT2D eigenvalue weighted by molar-refractivity contribution is 5.86. The van der Waals surface area contributed by atoms with E-state index in [4.69, 9.17) is 5.11 Å². The first-order valence-corrected chi connectivity index (χ1v) is 3.20. The Bertz CT molecular complexity index is 134. The van der Waals surface area contributed by atoms with Gasteiger partial charge in [0.2, 0.25) is 5.91 Å². The van der Waals surface area contributed by atoms with Crippen LogP contribution >= 0.6 is 0 Å². The molecule has 10 heavy (non-hydrogen) atoms. The highest BCUT2D eigenvalue weighted by Crippen LogP contribution is 1.97. The smallest absolute Gasteiger partial charge is 0.247 e. The van der Waals surface area contributed by atoms with E-state index in [1.165, 1.54) is 18.0 Å². The van der Waals surface area contributed by atoms with Crippen molar-refractivity contribution < 1.29 is 9.90 Å². The Hall–Kier alpha value is -0.830. The van der Waals surface area contributed by atoms with Crippen molar-refractivity contribution in [1.82, 2.24) is 4.90 Å². The zero-order chi connectivity index (χ0) is 8.15. The molecule has 0 saturated carbocycles. The molecule has 3 nitrogen and oxygen atoms in total. The molecule has 0 bridgehead atoms. The number of carbonyl (C=O) groups excluding carboxylic acids is 1. The van der Waals surface area contributed by atoms with Gasteiger partial charge in [-0.15, -0.1) is 0 Å². The number of aliphatic hydroxyl groups excluding tert-OH is 1. The summed E-state index contributed by atoms with van der Waals surface area (Å²) in [7, 11) is 1.54. The third kappa shape index (κ3) is 2.19. The van der Waals surface area contributed by atoms with Gasteiger partial charge in [0.05, 0.1) is 0 Å². The van der Waals surface area contributed by atoms with Crippen molar-refractivity contribution in [2.75, 3.05) is 7.05 Å². The zero-order valence-corrected chi connectivity index (χ0v) is 6.37. The van der Waals surface area contributed by atoms with Crippen LogP contribution in [-0.4, -0.2) is 29.2 Å². The highest BCUT2D eigenvalue weighted by atomic mass is 16.3. The fraction of sp³-hybridized carbons (Fsp3) is 0.571. The summed E-state index contributed by atoms with van der Waals surface area (Å²) in [5.41, 5.74) is 0. The third-order valence-corrected chi connectivity index (χ3v) is 1.33. The van der Waals surface area contributed by atoms with Gasteiger partial charge >= 0.3 is 0 Å². The predicted octanol–water partition coefficient (Wildman–Crippen LogP) is 0.359. The lowest BCUT2D eigenvalue weighted by molar-refractivity contribution is -0.133. The van der Waals surface area contributed by atoms with Crippen molar-refractivity contribution in [1.29, 1.82) is 0 Å². The number of aliphatic hydroxyl groups is 1. The zero-order valence-electron chi connectivity index (χ0n) is 6.37. The first-order chi connectivity index (χ1) is 4.63. The quantitative estimate of drug-likeness (QED) is 0.457. The lowest BCUT2D eigenvalue weighted by atomic mass is 10.4. The molecular weight excluding hydrogens is 130 g/mol. The molecule has 1 unspecified atom stereocenters. The molecule has 0 rings (SSSR count). The summed E-state index contributed by atoms with van der Waals surface area (Å²) in [6, 6.07) is 0. The van der Waals surface area contributed by atoms with Crippen molar-refractivity contribution in [3.8, 4) is 0 Å². The average molecular weight is 143 g/mol. The standard InChI is InChI=1S/C7H13NO2/c1-4-6(9)8(3)7(10)5-2/h4,7,10H,1,5H2,2-3H3. The second-order valence-corrected chi connectivity index (χ2v) is 2.04. The molecule has 0 aromatic carbocycles. The molecule has 0 heterocycles. The number of nitrogens with zero attached hydrogens (tertiary/aromatic N) is 1. The van der Waals surface area contributed by atoms with Gasteiger partial charge in [-0.1, -0.05) is 13.5 Å². The topological polar surface area (TPSA) is 40.5 Å². The average Bonchev–Trinajstić information content (AvgIpc) is 2.00. The van der Waals surface area contributed by atoms with E-state index in [0.29, 0.717) is 6.42 Å². The number of likely N-dealkylation sites (N-methyl/N-ethyl adjacent to an activating group) is 1. The molecule has 3 heteroatoms. The molecule has 0 saturated heterocycles. The van der Waals surface area contributed by atoms with E-state index in [-0.39, 0.29) is 5.91 Å². The van der Waals surface area contributed by atoms with Crippen LogP contribution in [0.25, 0.3) is 0 Å². The summed E-state index contributed by atoms with van der Waals surface area (Å²) >= 11 is 0. The van der Waals surface area contributed by atoms with Gasteiger partial charge in [0.25, 0.3) is 0 Å². The Balaban J connectivity index is 3.93. The van der Waals surface area contributed by atoms with E-state index >= 15 is 0 Å². The van der Waals surface area contributed by atoms with Crippen LogP contribution in [0.2, 0.25) is 0 Å². The van der Waals surface area contributed by atoms with E-state index in [9.17, 15) is 4.79 Å². The molecule has 0 fully saturated rings. The number of amides is 1. The summed E-state index contributed by atoms with van der Waals surface area (Å²) in [4.78, 5) is 12.0. The first kappa shape index (κ1) is 9.17. The fourth-order valence-electron chi connectivity index (χ4n) is 0.565. The SMILES string of the molecule is C=CC(=O)N(C)C(O)CC. The van der Waals surface area contributed by atoms with Crippen LogP contribution in [0.5, 0.6) is 0 Å². The fourth-order valence-corrected chi connectivity index (χ4v) is 0.565. The minimum absolute atomic E-state index is 0.255. The molecule has 58 valence electrons. The van der Waals surface area contributed by atoms with Crippen LogP contribution in [0.3, 0.4) is 0 Å². The molecule has 0 radical (unpaired) electrons. The van der Waals surface area contributed by atoms with Crippen LogP contribution < -0.4 is 0 Å². The van der Waals surface area contributed by atoms with Crippen LogP contribution in [-0.2, 0) is 4.79 Å². The molecule has 1 atom stereocenters. The van der Waals surface area contributed by atoms with E-state index in [1.807, 2.05) is 0 Å². The van der Waals surface area contributed by atoms with Gasteiger partial charge in [-0.25, -0.2) is 0 Å². The summed E-state index contributed by atoms with van der Waals surface area (Å²) in [5, 5.41) is 9.09. The Morgan fingerprint density at radius 1 is 1.90 bits per heavy atom. The van der Waals surface area contributed by atoms with Crippen LogP contribution in [0.15, 0.2) is 12.7 Å². The van der Waals surface area contributed by atoms with Crippen LogP contribution in [0, 0.1) is 0 Å². The van der Waals surface area contributed by atoms with Gasteiger partial charge in [0, 0.05) is 7.05 Å². The van der Waals surface area contributed by atoms with Crippen LogP contribution in [0.1, 0.15) is 13.3 Å². The second kappa shape index (κ2) is 4.06. The number of hydrogen-bond donors (Lipinski definition) is 1. The highest BCUT2D eigenvalue weighted by Gasteiger charge is 2.11. The maximum atomic E-state index is 10.8. The van der Waals surface area contributed by atoms with Crippen molar-refractivity contribution in [2.24, 2.45) is 0 Å². The summed E-state index contributed by atoms with van der Waals surface area (Å²) in [5.74, 6) is -0.255. The summed E-state index contributed by atoms with van der Waals surface area (Å²) in [6.45, 7) is 5.10. The Kier molecular flexibility index (Phi) is 3.72. The largest absolute Gasteiger partial charge is 0.374 e. The van der Waals surface area contributed by atoms with Gasteiger partial charge in [0.1, 0.15) is 6.23 Å². The normalized spacial score (nSPS) is 12.3. The van der Waals surface area contributed by atoms with E-state index in [2.05, 4.69) is 6.58 Å². The number of rotatable bonds is 3. The van der Waals surface area contributed by atoms with Crippen molar-refractivity contribution >= 4 is 5.91 Å². The molecule has 0 aliphatic carbocycles. The van der Waals surface area contributed by atoms with Crippen molar-refractivity contribution in [3.05, 3.63) is 12.7 Å². The van der Waals surface area contributed by atoms with E-state index < -0.39 is 6.23 Å². The molecule has 0 aliphatic heterocycles. The minimum atomic E-state index is -0.689. The third-order valence-electron chi connectivity index (χ3n) is 1.33. The van der Waals surface area contributed by atoms with Gasteiger partial charge in [-0.2, -0.15) is 0 Å². The lowest BCUT2D eigenvalue weighted by Crippen LogP contribution is -2.35. The van der Waals surface area contributed by atoms with Gasteiger partial charge in [-0.3, -0.25) is 4.79 Å². The maximum absolute atomic E-state index is 10.8. The summed E-state index contributed by atoms with van der Waals surface area (Å²) < 4.78 is 0.